The van der Waals surface area contributed by atoms with Gasteiger partial charge in [0.1, 0.15) is 6.04 Å². The van der Waals surface area contributed by atoms with Crippen LogP contribution in [0.5, 0.6) is 5.88 Å². The molecule has 6 heteroatoms. The highest BCUT2D eigenvalue weighted by Gasteiger charge is 2.42. The van der Waals surface area contributed by atoms with Crippen LogP contribution in [0.2, 0.25) is 0 Å². The van der Waals surface area contributed by atoms with Crippen molar-refractivity contribution < 1.29 is 19.7 Å². The average molecular weight is 304 g/mol. The van der Waals surface area contributed by atoms with Crippen molar-refractivity contribution in [3.05, 3.63) is 29.8 Å². The van der Waals surface area contributed by atoms with Crippen molar-refractivity contribution in [2.75, 3.05) is 6.61 Å². The third-order valence-corrected chi connectivity index (χ3v) is 4.18. The topological polar surface area (TPSA) is 97.9 Å². The predicted molar refractivity (Wildman–Crippen MR) is 82.0 cm³/mol. The summed E-state index contributed by atoms with van der Waals surface area (Å²) in [6, 6.07) is 6.65. The average Bonchev–Trinajstić information content (AvgIpc) is 3.25. The third-order valence-electron chi connectivity index (χ3n) is 4.18. The lowest BCUT2D eigenvalue weighted by atomic mass is 9.97. The van der Waals surface area contributed by atoms with Gasteiger partial charge in [0.15, 0.2) is 5.88 Å². The number of fused-ring (bicyclic) bond motifs is 1. The summed E-state index contributed by atoms with van der Waals surface area (Å²) in [5.41, 5.74) is 0.983. The fourth-order valence-corrected chi connectivity index (χ4v) is 2.80. The Morgan fingerprint density at radius 2 is 2.18 bits per heavy atom. The summed E-state index contributed by atoms with van der Waals surface area (Å²) in [5.74, 6) is -0.923. The first-order chi connectivity index (χ1) is 10.4. The second-order valence-corrected chi connectivity index (χ2v) is 6.28. The largest absolute Gasteiger partial charge is 0.494 e. The maximum absolute atomic E-state index is 11.6. The van der Waals surface area contributed by atoms with E-state index in [1.165, 1.54) is 0 Å². The molecule has 0 aliphatic carbocycles. The second-order valence-electron chi connectivity index (χ2n) is 6.28. The van der Waals surface area contributed by atoms with Crippen LogP contribution in [-0.4, -0.2) is 45.5 Å². The first kappa shape index (κ1) is 14.9. The van der Waals surface area contributed by atoms with E-state index in [0.29, 0.717) is 12.2 Å². The van der Waals surface area contributed by atoms with Gasteiger partial charge < -0.3 is 19.9 Å². The van der Waals surface area contributed by atoms with E-state index >= 15 is 0 Å². The number of para-hydroxylation sites is 1. The summed E-state index contributed by atoms with van der Waals surface area (Å²) in [6.07, 6.45) is 0.229. The lowest BCUT2D eigenvalue weighted by molar-refractivity contribution is -0.140. The van der Waals surface area contributed by atoms with Gasteiger partial charge in [-0.2, -0.15) is 0 Å². The van der Waals surface area contributed by atoms with Crippen molar-refractivity contribution in [1.29, 1.82) is 0 Å². The minimum atomic E-state index is -0.946. The lowest BCUT2D eigenvalue weighted by Gasteiger charge is -2.28. The van der Waals surface area contributed by atoms with Gasteiger partial charge in [0.25, 0.3) is 0 Å². The Bertz CT molecular complexity index is 703. The van der Waals surface area contributed by atoms with Crippen LogP contribution in [-0.2, 0) is 16.0 Å². The number of aromatic nitrogens is 1. The minimum Gasteiger partial charge on any atom is -0.494 e. The molecule has 0 amide bonds. The molecule has 0 radical (unpaired) electrons. The molecule has 1 aromatic heterocycles. The molecule has 1 aliphatic heterocycles. The Morgan fingerprint density at radius 3 is 2.82 bits per heavy atom. The zero-order chi connectivity index (χ0) is 15.9. The zero-order valence-corrected chi connectivity index (χ0v) is 12.6. The van der Waals surface area contributed by atoms with Gasteiger partial charge in [-0.15, -0.1) is 0 Å². The number of carboxylic acids is 1. The summed E-state index contributed by atoms with van der Waals surface area (Å²) in [6.45, 7) is 4.50. The van der Waals surface area contributed by atoms with Gasteiger partial charge in [-0.25, -0.2) is 0 Å². The predicted octanol–water partition coefficient (Wildman–Crippen LogP) is 1.64. The molecule has 1 unspecified atom stereocenters. The van der Waals surface area contributed by atoms with E-state index in [9.17, 15) is 15.0 Å². The first-order valence-electron chi connectivity index (χ1n) is 7.29. The van der Waals surface area contributed by atoms with Crippen molar-refractivity contribution in [2.24, 2.45) is 0 Å². The minimum absolute atomic E-state index is 0.0229. The Morgan fingerprint density at radius 1 is 1.50 bits per heavy atom. The molecule has 1 aromatic carbocycles. The number of hydrogen-bond donors (Lipinski definition) is 4. The molecule has 118 valence electrons. The van der Waals surface area contributed by atoms with Gasteiger partial charge in [-0.3, -0.25) is 10.1 Å². The quantitative estimate of drug-likeness (QED) is 0.608. The highest BCUT2D eigenvalue weighted by atomic mass is 16.6. The summed E-state index contributed by atoms with van der Waals surface area (Å²) < 4.78 is 5.27. The van der Waals surface area contributed by atoms with E-state index in [-0.39, 0.29) is 18.4 Å². The standard InChI is InChI=1S/C16H20N2O4/c1-16(2,13-8-22-13)18-12(15(20)21)7-10-9-5-3-4-6-11(9)17-14(10)19/h3-6,12-13,17-19H,7-8H2,1-2H3,(H,20,21)/t12-,13?/m0/s1. The van der Waals surface area contributed by atoms with Crippen molar-refractivity contribution in [2.45, 2.75) is 38.0 Å². The molecule has 4 N–H and O–H groups in total. The number of aromatic amines is 1. The molecule has 2 aromatic rings. The Labute approximate surface area is 128 Å². The Kier molecular flexibility index (Phi) is 3.58. The summed E-state index contributed by atoms with van der Waals surface area (Å²) in [4.78, 5) is 14.5. The van der Waals surface area contributed by atoms with Crippen LogP contribution >= 0.6 is 0 Å². The highest BCUT2D eigenvalue weighted by molar-refractivity contribution is 5.86. The van der Waals surface area contributed by atoms with Crippen molar-refractivity contribution in [3.63, 3.8) is 0 Å². The zero-order valence-electron chi connectivity index (χ0n) is 12.6. The molecule has 2 heterocycles. The molecular formula is C16H20N2O4. The number of carboxylic acid groups (broad SMARTS) is 1. The number of nitrogens with one attached hydrogen (secondary N) is 2. The number of aliphatic carboxylic acids is 1. The van der Waals surface area contributed by atoms with Crippen LogP contribution in [0.3, 0.4) is 0 Å². The van der Waals surface area contributed by atoms with E-state index in [2.05, 4.69) is 10.3 Å². The number of epoxide rings is 1. The van der Waals surface area contributed by atoms with Crippen LogP contribution < -0.4 is 5.32 Å². The molecule has 3 rings (SSSR count). The number of carbonyl (C=O) groups is 1. The summed E-state index contributed by atoms with van der Waals surface area (Å²) in [7, 11) is 0. The maximum atomic E-state index is 11.6. The van der Waals surface area contributed by atoms with Crippen LogP contribution in [0.1, 0.15) is 19.4 Å². The van der Waals surface area contributed by atoms with Crippen LogP contribution in [0, 0.1) is 0 Å². The molecule has 1 fully saturated rings. The van der Waals surface area contributed by atoms with E-state index in [1.54, 1.807) is 0 Å². The van der Waals surface area contributed by atoms with Crippen molar-refractivity contribution in [3.8, 4) is 5.88 Å². The number of hydrogen-bond acceptors (Lipinski definition) is 4. The van der Waals surface area contributed by atoms with Gasteiger partial charge in [0, 0.05) is 28.4 Å². The highest BCUT2D eigenvalue weighted by Crippen LogP contribution is 2.29. The molecule has 1 saturated heterocycles. The monoisotopic (exact) mass is 304 g/mol. The first-order valence-corrected chi connectivity index (χ1v) is 7.29. The molecular weight excluding hydrogens is 284 g/mol. The summed E-state index contributed by atoms with van der Waals surface area (Å²) >= 11 is 0. The van der Waals surface area contributed by atoms with Gasteiger partial charge >= 0.3 is 5.97 Å². The Hall–Kier alpha value is -2.05. The van der Waals surface area contributed by atoms with Gasteiger partial charge in [-0.1, -0.05) is 18.2 Å². The Balaban J connectivity index is 1.86. The fraction of sp³-hybridized carbons (Fsp3) is 0.438. The molecule has 0 saturated carbocycles. The number of benzene rings is 1. The van der Waals surface area contributed by atoms with Crippen molar-refractivity contribution >= 4 is 16.9 Å². The number of rotatable bonds is 6. The van der Waals surface area contributed by atoms with Crippen LogP contribution in [0.25, 0.3) is 10.9 Å². The molecule has 6 nitrogen and oxygen atoms in total. The van der Waals surface area contributed by atoms with Gasteiger partial charge in [0.05, 0.1) is 12.7 Å². The number of H-pyrrole nitrogens is 1. The molecule has 2 atom stereocenters. The van der Waals surface area contributed by atoms with Gasteiger partial charge in [-0.05, 0) is 19.9 Å². The third kappa shape index (κ3) is 2.80. The number of ether oxygens (including phenoxy) is 1. The maximum Gasteiger partial charge on any atom is 0.321 e. The summed E-state index contributed by atoms with van der Waals surface area (Å²) in [5, 5.41) is 23.6. The molecule has 1 aliphatic rings. The van der Waals surface area contributed by atoms with Gasteiger partial charge in [0.2, 0.25) is 0 Å². The number of aromatic hydroxyl groups is 1. The normalized spacial score (nSPS) is 19.3. The fourth-order valence-electron chi connectivity index (χ4n) is 2.80. The van der Waals surface area contributed by atoms with E-state index in [4.69, 9.17) is 4.74 Å². The van der Waals surface area contributed by atoms with Crippen LogP contribution in [0.15, 0.2) is 24.3 Å². The van der Waals surface area contributed by atoms with Crippen molar-refractivity contribution in [1.82, 2.24) is 10.3 Å². The van der Waals surface area contributed by atoms with E-state index < -0.39 is 17.6 Å². The molecule has 0 bridgehead atoms. The second kappa shape index (κ2) is 5.30. The lowest BCUT2D eigenvalue weighted by Crippen LogP contribution is -2.53. The van der Waals surface area contributed by atoms with E-state index in [1.807, 2.05) is 38.1 Å². The molecule has 0 spiro atoms. The smallest absolute Gasteiger partial charge is 0.321 e. The van der Waals surface area contributed by atoms with E-state index in [0.717, 1.165) is 10.9 Å². The molecule has 22 heavy (non-hydrogen) atoms. The van der Waals surface area contributed by atoms with Crippen LogP contribution in [0.4, 0.5) is 0 Å². The SMILES string of the molecule is CC(C)(N[C@@H](Cc1c(O)[nH]c2ccccc12)C(=O)O)C1CO1.